The van der Waals surface area contributed by atoms with Crippen LogP contribution in [-0.4, -0.2) is 45.2 Å². The predicted molar refractivity (Wildman–Crippen MR) is 139 cm³/mol. The lowest BCUT2D eigenvalue weighted by Gasteiger charge is -2.47. The van der Waals surface area contributed by atoms with Crippen molar-refractivity contribution in [2.24, 2.45) is 0 Å². The van der Waals surface area contributed by atoms with Gasteiger partial charge >= 0.3 is 0 Å². The Morgan fingerprint density at radius 3 is 2.44 bits per heavy atom. The number of carbonyl (C=O) groups is 2. The molecule has 7 nitrogen and oxygen atoms in total. The first-order valence-corrected chi connectivity index (χ1v) is 12.8. The summed E-state index contributed by atoms with van der Waals surface area (Å²) in [4.78, 5) is 29.7. The molecule has 2 atom stereocenters. The highest BCUT2D eigenvalue weighted by Crippen LogP contribution is 2.37. The van der Waals surface area contributed by atoms with Crippen LogP contribution in [0.25, 0.3) is 11.3 Å². The van der Waals surface area contributed by atoms with Crippen molar-refractivity contribution >= 4 is 11.8 Å². The average Bonchev–Trinajstić information content (AvgIpc) is 3.33. The normalized spacial score (nSPS) is 21.1. The highest BCUT2D eigenvalue weighted by molar-refractivity contribution is 6.00. The number of ether oxygens (including phenoxy) is 1. The molecule has 1 aliphatic heterocycles. The van der Waals surface area contributed by atoms with Crippen LogP contribution in [0, 0.1) is 0 Å². The molecule has 0 radical (unpaired) electrons. The Bertz CT molecular complexity index is 1230. The number of nitrogens with zero attached hydrogens (tertiary/aromatic N) is 3. The molecule has 7 heteroatoms. The van der Waals surface area contributed by atoms with Crippen LogP contribution in [0.3, 0.4) is 0 Å². The molecule has 0 bridgehead atoms. The summed E-state index contributed by atoms with van der Waals surface area (Å²) < 4.78 is 6.98. The van der Waals surface area contributed by atoms with Gasteiger partial charge in [-0.25, -0.2) is 0 Å². The molecule has 1 saturated carbocycles. The van der Waals surface area contributed by atoms with E-state index in [-0.39, 0.29) is 23.9 Å². The Hall–Kier alpha value is -3.61. The molecule has 3 aromatic rings. The fraction of sp³-hybridized carbons (Fsp3) is 0.414. The van der Waals surface area contributed by atoms with Crippen molar-refractivity contribution in [3.05, 3.63) is 71.9 Å². The van der Waals surface area contributed by atoms with Gasteiger partial charge in [0.1, 0.15) is 17.0 Å². The van der Waals surface area contributed by atoms with E-state index < -0.39 is 5.54 Å². The number of hydrogen-bond acceptors (Lipinski definition) is 4. The van der Waals surface area contributed by atoms with Gasteiger partial charge in [-0.2, -0.15) is 5.10 Å². The molecule has 0 spiro atoms. The number of methoxy groups -OCH3 is 1. The monoisotopic (exact) mass is 486 g/mol. The van der Waals surface area contributed by atoms with E-state index in [1.807, 2.05) is 74.5 Å². The maximum Gasteiger partial charge on any atom is 0.273 e. The number of rotatable bonds is 6. The molecule has 2 aromatic carbocycles. The Morgan fingerprint density at radius 2 is 1.78 bits per heavy atom. The SMILES string of the molecule is COc1ccc(-c2cc3n(n2)C[C@](C)(C(=O)NC2CCCCC2)N([C@H](C)c2ccccc2)C3=O)cc1. The Kier molecular flexibility index (Phi) is 6.56. The van der Waals surface area contributed by atoms with Crippen molar-refractivity contribution in [2.75, 3.05) is 7.11 Å². The zero-order chi connectivity index (χ0) is 25.3. The van der Waals surface area contributed by atoms with Crippen molar-refractivity contribution in [3.8, 4) is 17.0 Å². The van der Waals surface area contributed by atoms with Gasteiger partial charge in [0.25, 0.3) is 5.91 Å². The van der Waals surface area contributed by atoms with E-state index in [4.69, 9.17) is 9.84 Å². The van der Waals surface area contributed by atoms with Gasteiger partial charge in [0.2, 0.25) is 5.91 Å². The fourth-order valence-corrected chi connectivity index (χ4v) is 5.58. The minimum Gasteiger partial charge on any atom is -0.497 e. The minimum atomic E-state index is -1.08. The van der Waals surface area contributed by atoms with Gasteiger partial charge in [0, 0.05) is 11.6 Å². The standard InChI is InChI=1S/C29H34N4O3/c1-20(21-10-6-4-7-11-21)33-27(34)26-18-25(22-14-16-24(36-3)17-15-22)31-32(26)19-29(33,2)28(35)30-23-12-8-5-9-13-23/h4,6-7,10-11,14-18,20,23H,5,8-9,12-13,19H2,1-3H3,(H,30,35)/t20-,29-/m1/s1. The lowest BCUT2D eigenvalue weighted by molar-refractivity contribution is -0.135. The molecule has 0 saturated heterocycles. The van der Waals surface area contributed by atoms with Crippen LogP contribution in [0.2, 0.25) is 0 Å². The van der Waals surface area contributed by atoms with E-state index in [1.54, 1.807) is 16.7 Å². The number of nitrogens with one attached hydrogen (secondary N) is 1. The van der Waals surface area contributed by atoms with Crippen molar-refractivity contribution in [3.63, 3.8) is 0 Å². The summed E-state index contributed by atoms with van der Waals surface area (Å²) >= 11 is 0. The second-order valence-electron chi connectivity index (χ2n) is 10.1. The van der Waals surface area contributed by atoms with Gasteiger partial charge in [0.15, 0.2) is 0 Å². The number of carbonyl (C=O) groups excluding carboxylic acids is 2. The van der Waals surface area contributed by atoms with Crippen LogP contribution in [0.15, 0.2) is 60.7 Å². The van der Waals surface area contributed by atoms with Crippen LogP contribution in [0.5, 0.6) is 5.75 Å². The highest BCUT2D eigenvalue weighted by Gasteiger charge is 2.50. The number of aromatic nitrogens is 2. The maximum absolute atomic E-state index is 14.1. The lowest BCUT2D eigenvalue weighted by Crippen LogP contribution is -2.65. The van der Waals surface area contributed by atoms with Crippen LogP contribution in [0.4, 0.5) is 0 Å². The Morgan fingerprint density at radius 1 is 1.08 bits per heavy atom. The quantitative estimate of drug-likeness (QED) is 0.533. The molecule has 1 aromatic heterocycles. The third-order valence-corrected chi connectivity index (χ3v) is 7.69. The largest absolute Gasteiger partial charge is 0.497 e. The van der Waals surface area contributed by atoms with Gasteiger partial charge in [-0.1, -0.05) is 49.6 Å². The predicted octanol–water partition coefficient (Wildman–Crippen LogP) is 4.98. The molecule has 5 rings (SSSR count). The van der Waals surface area contributed by atoms with Crippen molar-refractivity contribution < 1.29 is 14.3 Å². The molecule has 2 heterocycles. The second kappa shape index (κ2) is 9.80. The molecule has 0 unspecified atom stereocenters. The first kappa shape index (κ1) is 24.1. The van der Waals surface area contributed by atoms with Crippen LogP contribution < -0.4 is 10.1 Å². The van der Waals surface area contributed by atoms with Crippen LogP contribution in [0.1, 0.15) is 68.0 Å². The van der Waals surface area contributed by atoms with Crippen molar-refractivity contribution in [2.45, 2.75) is 70.1 Å². The van der Waals surface area contributed by atoms with Gasteiger partial charge in [0.05, 0.1) is 25.4 Å². The summed E-state index contributed by atoms with van der Waals surface area (Å²) in [7, 11) is 1.63. The third kappa shape index (κ3) is 4.38. The number of hydrogen-bond donors (Lipinski definition) is 1. The highest BCUT2D eigenvalue weighted by atomic mass is 16.5. The van der Waals surface area contributed by atoms with E-state index in [1.165, 1.54) is 6.42 Å². The molecule has 2 amide bonds. The summed E-state index contributed by atoms with van der Waals surface area (Å²) in [5.41, 5.74) is 1.99. The summed E-state index contributed by atoms with van der Waals surface area (Å²) in [5, 5.41) is 8.05. The third-order valence-electron chi connectivity index (χ3n) is 7.69. The summed E-state index contributed by atoms with van der Waals surface area (Å²) in [6, 6.07) is 19.2. The first-order valence-electron chi connectivity index (χ1n) is 12.8. The number of benzene rings is 2. The van der Waals surface area contributed by atoms with E-state index in [9.17, 15) is 9.59 Å². The van der Waals surface area contributed by atoms with Gasteiger partial charge < -0.3 is 15.0 Å². The van der Waals surface area contributed by atoms with Crippen LogP contribution >= 0.6 is 0 Å². The molecular formula is C29H34N4O3. The summed E-state index contributed by atoms with van der Waals surface area (Å²) in [6.45, 7) is 4.16. The van der Waals surface area contributed by atoms with E-state index in [2.05, 4.69) is 5.32 Å². The average molecular weight is 487 g/mol. The Labute approximate surface area is 212 Å². The van der Waals surface area contributed by atoms with Crippen LogP contribution in [-0.2, 0) is 11.3 Å². The van der Waals surface area contributed by atoms with Crippen molar-refractivity contribution in [1.82, 2.24) is 20.0 Å². The van der Waals surface area contributed by atoms with E-state index in [0.717, 1.165) is 42.6 Å². The molecule has 1 aliphatic carbocycles. The smallest absolute Gasteiger partial charge is 0.273 e. The molecule has 36 heavy (non-hydrogen) atoms. The molecule has 188 valence electrons. The second-order valence-corrected chi connectivity index (χ2v) is 10.1. The topological polar surface area (TPSA) is 76.5 Å². The van der Waals surface area contributed by atoms with Gasteiger partial charge in [-0.05, 0) is 62.6 Å². The molecular weight excluding hydrogens is 452 g/mol. The minimum absolute atomic E-state index is 0.113. The van der Waals surface area contributed by atoms with Crippen molar-refractivity contribution in [1.29, 1.82) is 0 Å². The van der Waals surface area contributed by atoms with E-state index in [0.29, 0.717) is 17.9 Å². The summed E-state index contributed by atoms with van der Waals surface area (Å²) in [6.07, 6.45) is 5.43. The van der Waals surface area contributed by atoms with E-state index >= 15 is 0 Å². The zero-order valence-electron chi connectivity index (χ0n) is 21.2. The van der Waals surface area contributed by atoms with Gasteiger partial charge in [-0.3, -0.25) is 14.3 Å². The molecule has 1 fully saturated rings. The lowest BCUT2D eigenvalue weighted by atomic mass is 9.89. The molecule has 1 N–H and O–H groups in total. The van der Waals surface area contributed by atoms with Gasteiger partial charge in [-0.15, -0.1) is 0 Å². The maximum atomic E-state index is 14.1. The Balaban J connectivity index is 1.53. The number of fused-ring (bicyclic) bond motifs is 1. The summed E-state index contributed by atoms with van der Waals surface area (Å²) in [5.74, 6) is 0.456. The number of amides is 2. The fourth-order valence-electron chi connectivity index (χ4n) is 5.58. The first-order chi connectivity index (χ1) is 17.4. The molecule has 2 aliphatic rings. The zero-order valence-corrected chi connectivity index (χ0v) is 21.2.